The maximum absolute atomic E-state index is 12.1. The van der Waals surface area contributed by atoms with Gasteiger partial charge in [0.15, 0.2) is 5.65 Å². The highest BCUT2D eigenvalue weighted by Crippen LogP contribution is 2.07. The molecule has 0 saturated heterocycles. The molecule has 2 heterocycles. The Morgan fingerprint density at radius 1 is 1.14 bits per heavy atom. The SMILES string of the molecule is Cn1c(=O)c2[nH]c(CC=Cc3ccccc3)nc2n(C)c1=O. The van der Waals surface area contributed by atoms with Crippen molar-refractivity contribution in [3.05, 3.63) is 68.6 Å². The van der Waals surface area contributed by atoms with Gasteiger partial charge in [0.1, 0.15) is 11.3 Å². The van der Waals surface area contributed by atoms with Crippen molar-refractivity contribution >= 4 is 17.2 Å². The molecule has 6 heteroatoms. The summed E-state index contributed by atoms with van der Waals surface area (Å²) in [5.74, 6) is 0.653. The molecule has 112 valence electrons. The smallest absolute Gasteiger partial charge is 0.332 e. The summed E-state index contributed by atoms with van der Waals surface area (Å²) in [7, 11) is 3.06. The maximum atomic E-state index is 12.1. The Morgan fingerprint density at radius 3 is 2.59 bits per heavy atom. The quantitative estimate of drug-likeness (QED) is 0.789. The van der Waals surface area contributed by atoms with Crippen molar-refractivity contribution in [1.29, 1.82) is 0 Å². The van der Waals surface area contributed by atoms with E-state index in [4.69, 9.17) is 0 Å². The highest BCUT2D eigenvalue weighted by atomic mass is 16.2. The molecule has 3 aromatic rings. The summed E-state index contributed by atoms with van der Waals surface area (Å²) in [6, 6.07) is 9.93. The summed E-state index contributed by atoms with van der Waals surface area (Å²) < 4.78 is 2.45. The Hall–Kier alpha value is -2.89. The van der Waals surface area contributed by atoms with Crippen LogP contribution in [0.4, 0.5) is 0 Å². The van der Waals surface area contributed by atoms with Crippen LogP contribution >= 0.6 is 0 Å². The van der Waals surface area contributed by atoms with Crippen molar-refractivity contribution in [2.75, 3.05) is 0 Å². The molecule has 0 atom stereocenters. The fraction of sp³-hybridized carbons (Fsp3) is 0.188. The Bertz CT molecular complexity index is 961. The number of imidazole rings is 1. The minimum atomic E-state index is -0.379. The zero-order chi connectivity index (χ0) is 15.7. The van der Waals surface area contributed by atoms with E-state index >= 15 is 0 Å². The third-order valence-electron chi connectivity index (χ3n) is 3.56. The minimum absolute atomic E-state index is 0.354. The average Bonchev–Trinajstić information content (AvgIpc) is 2.96. The van der Waals surface area contributed by atoms with E-state index < -0.39 is 0 Å². The fourth-order valence-corrected chi connectivity index (χ4v) is 2.34. The molecule has 0 unspecified atom stereocenters. The highest BCUT2D eigenvalue weighted by molar-refractivity contribution is 5.69. The van der Waals surface area contributed by atoms with Gasteiger partial charge in [0.05, 0.1) is 0 Å². The summed E-state index contributed by atoms with van der Waals surface area (Å²) in [5.41, 5.74) is 1.10. The van der Waals surface area contributed by atoms with Crippen molar-refractivity contribution in [2.45, 2.75) is 6.42 Å². The molecule has 1 aromatic carbocycles. The zero-order valence-corrected chi connectivity index (χ0v) is 12.4. The first-order valence-corrected chi connectivity index (χ1v) is 6.94. The minimum Gasteiger partial charge on any atom is -0.336 e. The van der Waals surface area contributed by atoms with E-state index in [1.807, 2.05) is 42.5 Å². The van der Waals surface area contributed by atoms with Crippen LogP contribution in [0.3, 0.4) is 0 Å². The van der Waals surface area contributed by atoms with E-state index in [2.05, 4.69) is 9.97 Å². The molecule has 1 N–H and O–H groups in total. The van der Waals surface area contributed by atoms with Gasteiger partial charge in [-0.2, -0.15) is 0 Å². The van der Waals surface area contributed by atoms with Crippen LogP contribution < -0.4 is 11.2 Å². The number of aromatic nitrogens is 4. The van der Waals surface area contributed by atoms with Gasteiger partial charge >= 0.3 is 5.69 Å². The molecule has 0 aliphatic heterocycles. The van der Waals surface area contributed by atoms with Crippen LogP contribution in [0.2, 0.25) is 0 Å². The molecule has 0 saturated carbocycles. The van der Waals surface area contributed by atoms with Gasteiger partial charge in [-0.05, 0) is 5.56 Å². The third kappa shape index (κ3) is 2.39. The van der Waals surface area contributed by atoms with Crippen LogP contribution in [0.1, 0.15) is 11.4 Å². The van der Waals surface area contributed by atoms with Crippen molar-refractivity contribution in [1.82, 2.24) is 19.1 Å². The molecular formula is C16H16N4O2. The second-order valence-electron chi connectivity index (χ2n) is 5.11. The second kappa shape index (κ2) is 5.48. The molecule has 0 aliphatic carbocycles. The lowest BCUT2D eigenvalue weighted by Gasteiger charge is -2.00. The number of rotatable bonds is 3. The van der Waals surface area contributed by atoms with Crippen molar-refractivity contribution in [2.24, 2.45) is 14.1 Å². The number of benzene rings is 1. The van der Waals surface area contributed by atoms with Crippen molar-refractivity contribution < 1.29 is 0 Å². The van der Waals surface area contributed by atoms with Gasteiger partial charge in [-0.3, -0.25) is 13.9 Å². The average molecular weight is 296 g/mol. The van der Waals surface area contributed by atoms with Crippen LogP contribution in [0, 0.1) is 0 Å². The lowest BCUT2D eigenvalue weighted by molar-refractivity contribution is 0.708. The van der Waals surface area contributed by atoms with E-state index in [0.717, 1.165) is 10.1 Å². The summed E-state index contributed by atoms with van der Waals surface area (Å²) in [5, 5.41) is 0. The molecule has 0 bridgehead atoms. The van der Waals surface area contributed by atoms with Crippen molar-refractivity contribution in [3.63, 3.8) is 0 Å². The number of hydrogen-bond donors (Lipinski definition) is 1. The monoisotopic (exact) mass is 296 g/mol. The first-order chi connectivity index (χ1) is 10.6. The van der Waals surface area contributed by atoms with Crippen molar-refractivity contribution in [3.8, 4) is 0 Å². The van der Waals surface area contributed by atoms with Gasteiger partial charge < -0.3 is 4.98 Å². The first kappa shape index (κ1) is 14.1. The van der Waals surface area contributed by atoms with Gasteiger partial charge in [0.2, 0.25) is 0 Å². The molecule has 0 aliphatic rings. The predicted octanol–water partition coefficient (Wildman–Crippen LogP) is 1.22. The normalized spacial score (nSPS) is 11.5. The number of hydrogen-bond acceptors (Lipinski definition) is 3. The Labute approximate surface area is 126 Å². The molecule has 0 radical (unpaired) electrons. The second-order valence-corrected chi connectivity index (χ2v) is 5.11. The van der Waals surface area contributed by atoms with Crippen LogP contribution in [-0.2, 0) is 20.5 Å². The van der Waals surface area contributed by atoms with Gasteiger partial charge in [0, 0.05) is 20.5 Å². The van der Waals surface area contributed by atoms with Crippen LogP contribution in [-0.4, -0.2) is 19.1 Å². The highest BCUT2D eigenvalue weighted by Gasteiger charge is 2.12. The molecule has 22 heavy (non-hydrogen) atoms. The van der Waals surface area contributed by atoms with Crippen LogP contribution in [0.15, 0.2) is 46.0 Å². The Morgan fingerprint density at radius 2 is 1.86 bits per heavy atom. The number of aromatic amines is 1. The topological polar surface area (TPSA) is 72.7 Å². The number of allylic oxidation sites excluding steroid dienone is 1. The van der Waals surface area contributed by atoms with Gasteiger partial charge in [-0.15, -0.1) is 0 Å². The number of fused-ring (bicyclic) bond motifs is 1. The fourth-order valence-electron chi connectivity index (χ4n) is 2.34. The van der Waals surface area contributed by atoms with Gasteiger partial charge in [-0.25, -0.2) is 9.78 Å². The Balaban J connectivity index is 1.95. The van der Waals surface area contributed by atoms with E-state index in [1.54, 1.807) is 7.05 Å². The summed E-state index contributed by atoms with van der Waals surface area (Å²) in [4.78, 5) is 31.3. The molecular weight excluding hydrogens is 280 g/mol. The number of nitrogens with one attached hydrogen (secondary N) is 1. The third-order valence-corrected chi connectivity index (χ3v) is 3.56. The zero-order valence-electron chi connectivity index (χ0n) is 12.4. The molecule has 0 spiro atoms. The predicted molar refractivity (Wildman–Crippen MR) is 85.8 cm³/mol. The van der Waals surface area contributed by atoms with Gasteiger partial charge in [0.25, 0.3) is 5.56 Å². The largest absolute Gasteiger partial charge is 0.336 e. The molecule has 0 fully saturated rings. The lowest BCUT2D eigenvalue weighted by atomic mass is 10.2. The van der Waals surface area contributed by atoms with E-state index in [9.17, 15) is 9.59 Å². The molecule has 0 amide bonds. The molecule has 6 nitrogen and oxygen atoms in total. The molecule has 3 rings (SSSR count). The van der Waals surface area contributed by atoms with E-state index in [-0.39, 0.29) is 11.2 Å². The summed E-state index contributed by atoms with van der Waals surface area (Å²) in [6.45, 7) is 0. The summed E-state index contributed by atoms with van der Waals surface area (Å²) in [6.07, 6.45) is 4.51. The lowest BCUT2D eigenvalue weighted by Crippen LogP contribution is -2.36. The number of aryl methyl sites for hydroxylation is 1. The Kier molecular flexibility index (Phi) is 3.50. The van der Waals surface area contributed by atoms with E-state index in [1.165, 1.54) is 11.6 Å². The van der Waals surface area contributed by atoms with Crippen LogP contribution in [0.5, 0.6) is 0 Å². The number of nitrogens with zero attached hydrogens (tertiary/aromatic N) is 3. The van der Waals surface area contributed by atoms with Crippen LogP contribution in [0.25, 0.3) is 17.2 Å². The van der Waals surface area contributed by atoms with E-state index in [0.29, 0.717) is 23.4 Å². The van der Waals surface area contributed by atoms with Gasteiger partial charge in [-0.1, -0.05) is 42.5 Å². The standard InChI is InChI=1S/C16H16N4O2/c1-19-14-13(15(21)20(2)16(19)22)17-12(18-14)10-6-9-11-7-4-3-5-8-11/h3-9H,10H2,1-2H3,(H,17,18). The summed E-state index contributed by atoms with van der Waals surface area (Å²) >= 11 is 0. The first-order valence-electron chi connectivity index (χ1n) is 6.94. The number of H-pyrrole nitrogens is 1. The molecule has 2 aromatic heterocycles. The maximum Gasteiger partial charge on any atom is 0.332 e.